The van der Waals surface area contributed by atoms with Gasteiger partial charge in [-0.25, -0.2) is 13.4 Å². The Morgan fingerprint density at radius 3 is 2.60 bits per heavy atom. The van der Waals surface area contributed by atoms with E-state index >= 15 is 0 Å². The summed E-state index contributed by atoms with van der Waals surface area (Å²) in [4.78, 5) is 16.3. The molecular weight excluding hydrogens is 382 g/mol. The van der Waals surface area contributed by atoms with E-state index in [0.29, 0.717) is 10.8 Å². The number of aromatic nitrogens is 3. The van der Waals surface area contributed by atoms with E-state index in [4.69, 9.17) is 0 Å². The lowest BCUT2D eigenvalue weighted by Gasteiger charge is -2.04. The van der Waals surface area contributed by atoms with Crippen LogP contribution < -0.4 is 10.0 Å². The molecule has 11 heteroatoms. The van der Waals surface area contributed by atoms with Gasteiger partial charge in [0.2, 0.25) is 11.0 Å². The van der Waals surface area contributed by atoms with Crippen LogP contribution in [0.4, 0.5) is 10.3 Å². The first-order chi connectivity index (χ1) is 11.9. The molecule has 0 aliphatic rings. The lowest BCUT2D eigenvalue weighted by Crippen LogP contribution is -2.15. The molecular formula is C14H13N5O3S3. The third kappa shape index (κ3) is 4.59. The van der Waals surface area contributed by atoms with Crippen LogP contribution in [-0.4, -0.2) is 29.5 Å². The van der Waals surface area contributed by atoms with Crippen LogP contribution in [0.25, 0.3) is 0 Å². The van der Waals surface area contributed by atoms with Gasteiger partial charge < -0.3 is 5.32 Å². The number of nitrogens with zero attached hydrogens (tertiary/aromatic N) is 3. The zero-order chi connectivity index (χ0) is 17.9. The number of anilines is 2. The predicted molar refractivity (Wildman–Crippen MR) is 96.3 cm³/mol. The molecule has 0 aliphatic carbocycles. The SMILES string of the molecule is Cc1nnc(NC(=O)Cc2csc(NS(=O)(=O)c3ccccc3)n2)s1. The summed E-state index contributed by atoms with van der Waals surface area (Å²) in [6.45, 7) is 1.79. The summed E-state index contributed by atoms with van der Waals surface area (Å²) in [5, 5.41) is 13.3. The summed E-state index contributed by atoms with van der Waals surface area (Å²) in [6.07, 6.45) is 0.0161. The Hall–Kier alpha value is -2.37. The van der Waals surface area contributed by atoms with Gasteiger partial charge in [0.1, 0.15) is 5.01 Å². The molecule has 0 bridgehead atoms. The molecule has 2 heterocycles. The predicted octanol–water partition coefficient (Wildman–Crippen LogP) is 2.29. The van der Waals surface area contributed by atoms with Gasteiger partial charge in [0.25, 0.3) is 10.0 Å². The molecule has 2 N–H and O–H groups in total. The first-order valence-corrected chi connectivity index (χ1v) is 10.2. The maximum Gasteiger partial charge on any atom is 0.263 e. The van der Waals surface area contributed by atoms with Gasteiger partial charge in [0, 0.05) is 5.38 Å². The van der Waals surface area contributed by atoms with Crippen LogP contribution in [0.5, 0.6) is 0 Å². The van der Waals surface area contributed by atoms with E-state index in [0.717, 1.165) is 16.3 Å². The van der Waals surface area contributed by atoms with E-state index in [1.165, 1.54) is 23.5 Å². The number of nitrogens with one attached hydrogen (secondary N) is 2. The number of hydrogen-bond acceptors (Lipinski definition) is 8. The molecule has 3 aromatic rings. The lowest BCUT2D eigenvalue weighted by molar-refractivity contribution is -0.115. The minimum absolute atomic E-state index is 0.0161. The van der Waals surface area contributed by atoms with Gasteiger partial charge in [-0.3, -0.25) is 9.52 Å². The van der Waals surface area contributed by atoms with Crippen molar-refractivity contribution >= 4 is 48.9 Å². The average Bonchev–Trinajstić information content (AvgIpc) is 3.16. The van der Waals surface area contributed by atoms with Gasteiger partial charge in [-0.15, -0.1) is 21.5 Å². The second-order valence-corrected chi connectivity index (χ2v) is 8.64. The van der Waals surface area contributed by atoms with Crippen LogP contribution in [0.3, 0.4) is 0 Å². The Morgan fingerprint density at radius 1 is 1.16 bits per heavy atom. The van der Waals surface area contributed by atoms with E-state index in [-0.39, 0.29) is 22.4 Å². The molecule has 0 saturated heterocycles. The number of carbonyl (C=O) groups is 1. The van der Waals surface area contributed by atoms with E-state index in [9.17, 15) is 13.2 Å². The molecule has 3 rings (SSSR count). The van der Waals surface area contributed by atoms with Gasteiger partial charge in [0.05, 0.1) is 17.0 Å². The molecule has 25 heavy (non-hydrogen) atoms. The molecule has 0 fully saturated rings. The van der Waals surface area contributed by atoms with Crippen LogP contribution in [0.15, 0.2) is 40.6 Å². The number of rotatable bonds is 6. The van der Waals surface area contributed by atoms with E-state index in [2.05, 4.69) is 25.2 Å². The fourth-order valence-corrected chi connectivity index (χ4v) is 4.48. The molecule has 1 amide bonds. The summed E-state index contributed by atoms with van der Waals surface area (Å²) in [6, 6.07) is 8.00. The number of hydrogen-bond donors (Lipinski definition) is 2. The van der Waals surface area contributed by atoms with Crippen molar-refractivity contribution in [1.29, 1.82) is 0 Å². The molecule has 2 aromatic heterocycles. The van der Waals surface area contributed by atoms with Crippen molar-refractivity contribution in [2.75, 3.05) is 10.0 Å². The van der Waals surface area contributed by atoms with Crippen molar-refractivity contribution in [3.63, 3.8) is 0 Å². The third-order valence-corrected chi connectivity index (χ3v) is 5.99. The summed E-state index contributed by atoms with van der Waals surface area (Å²) in [7, 11) is -3.69. The highest BCUT2D eigenvalue weighted by Gasteiger charge is 2.16. The van der Waals surface area contributed by atoms with Crippen molar-refractivity contribution in [2.45, 2.75) is 18.2 Å². The number of amides is 1. The average molecular weight is 395 g/mol. The number of carbonyl (C=O) groups excluding carboxylic acids is 1. The van der Waals surface area contributed by atoms with Crippen molar-refractivity contribution in [1.82, 2.24) is 15.2 Å². The first kappa shape index (κ1) is 17.5. The summed E-state index contributed by atoms with van der Waals surface area (Å²) < 4.78 is 26.9. The minimum Gasteiger partial charge on any atom is -0.300 e. The van der Waals surface area contributed by atoms with Gasteiger partial charge in [-0.1, -0.05) is 29.5 Å². The molecule has 0 saturated carbocycles. The summed E-state index contributed by atoms with van der Waals surface area (Å²) in [5.41, 5.74) is 0.467. The third-order valence-electron chi connectivity index (χ3n) is 2.94. The number of sulfonamides is 1. The van der Waals surface area contributed by atoms with Crippen LogP contribution in [0, 0.1) is 6.92 Å². The first-order valence-electron chi connectivity index (χ1n) is 7.04. The summed E-state index contributed by atoms with van der Waals surface area (Å²) >= 11 is 2.39. The Kier molecular flexibility index (Phi) is 5.06. The second kappa shape index (κ2) is 7.25. The number of aryl methyl sites for hydroxylation is 1. The Morgan fingerprint density at radius 2 is 1.92 bits per heavy atom. The fraction of sp³-hybridized carbons (Fsp3) is 0.143. The highest BCUT2D eigenvalue weighted by Crippen LogP contribution is 2.21. The molecule has 0 unspecified atom stereocenters. The monoisotopic (exact) mass is 395 g/mol. The smallest absolute Gasteiger partial charge is 0.263 e. The van der Waals surface area contributed by atoms with Crippen molar-refractivity contribution in [3.05, 3.63) is 46.4 Å². The number of benzene rings is 1. The maximum atomic E-state index is 12.2. The topological polar surface area (TPSA) is 114 Å². The maximum absolute atomic E-state index is 12.2. The van der Waals surface area contributed by atoms with E-state index in [1.54, 1.807) is 30.5 Å². The molecule has 0 atom stereocenters. The molecule has 0 aliphatic heterocycles. The second-order valence-electron chi connectivity index (χ2n) is 4.91. The normalized spacial score (nSPS) is 11.2. The fourth-order valence-electron chi connectivity index (χ4n) is 1.88. The minimum atomic E-state index is -3.69. The van der Waals surface area contributed by atoms with Gasteiger partial charge in [-0.05, 0) is 19.1 Å². The Bertz CT molecular complexity index is 982. The zero-order valence-corrected chi connectivity index (χ0v) is 15.4. The van der Waals surface area contributed by atoms with Crippen LogP contribution in [0.1, 0.15) is 10.7 Å². The highest BCUT2D eigenvalue weighted by molar-refractivity contribution is 7.93. The zero-order valence-electron chi connectivity index (χ0n) is 13.0. The van der Waals surface area contributed by atoms with Crippen LogP contribution in [-0.2, 0) is 21.2 Å². The van der Waals surface area contributed by atoms with Gasteiger partial charge in [0.15, 0.2) is 5.13 Å². The van der Waals surface area contributed by atoms with Gasteiger partial charge in [-0.2, -0.15) is 0 Å². The Balaban J connectivity index is 1.63. The van der Waals surface area contributed by atoms with Crippen molar-refractivity contribution < 1.29 is 13.2 Å². The van der Waals surface area contributed by atoms with E-state index in [1.807, 2.05) is 0 Å². The van der Waals surface area contributed by atoms with E-state index < -0.39 is 10.0 Å². The van der Waals surface area contributed by atoms with Crippen LogP contribution >= 0.6 is 22.7 Å². The molecule has 1 aromatic carbocycles. The molecule has 8 nitrogen and oxygen atoms in total. The highest BCUT2D eigenvalue weighted by atomic mass is 32.2. The molecule has 0 radical (unpaired) electrons. The quantitative estimate of drug-likeness (QED) is 0.662. The number of thiazole rings is 1. The van der Waals surface area contributed by atoms with Crippen molar-refractivity contribution in [3.8, 4) is 0 Å². The van der Waals surface area contributed by atoms with Crippen LogP contribution in [0.2, 0.25) is 0 Å². The van der Waals surface area contributed by atoms with Gasteiger partial charge >= 0.3 is 0 Å². The standard InChI is InChI=1S/C14H13N5O3S3/c1-9-17-18-13(24-9)16-12(20)7-10-8-23-14(15-10)19-25(21,22)11-5-3-2-4-6-11/h2-6,8H,7H2,1H3,(H,15,19)(H,16,18,20). The summed E-state index contributed by atoms with van der Waals surface area (Å²) in [5.74, 6) is -0.293. The van der Waals surface area contributed by atoms with Crippen molar-refractivity contribution in [2.24, 2.45) is 0 Å². The Labute approximate surface area is 152 Å². The molecule has 130 valence electrons. The largest absolute Gasteiger partial charge is 0.300 e. The lowest BCUT2D eigenvalue weighted by atomic mass is 10.3. The molecule has 0 spiro atoms.